The van der Waals surface area contributed by atoms with Crippen LogP contribution in [0.15, 0.2) is 35.1 Å². The molecule has 0 saturated carbocycles. The zero-order valence-electron chi connectivity index (χ0n) is 11.0. The summed E-state index contributed by atoms with van der Waals surface area (Å²) in [5, 5.41) is 0. The molecule has 0 fully saturated rings. The summed E-state index contributed by atoms with van der Waals surface area (Å²) in [6.07, 6.45) is 3.75. The normalized spacial score (nSPS) is 14.6. The summed E-state index contributed by atoms with van der Waals surface area (Å²) in [6.45, 7) is 1.82. The van der Waals surface area contributed by atoms with E-state index in [0.717, 1.165) is 36.2 Å². The van der Waals surface area contributed by atoms with Gasteiger partial charge in [0.2, 0.25) is 0 Å². The summed E-state index contributed by atoms with van der Waals surface area (Å²) in [4.78, 5) is 10.8. The van der Waals surface area contributed by atoms with E-state index in [-0.39, 0.29) is 0 Å². The van der Waals surface area contributed by atoms with E-state index in [1.54, 1.807) is 0 Å². The van der Waals surface area contributed by atoms with Crippen LogP contribution in [0, 0.1) is 0 Å². The van der Waals surface area contributed by atoms with E-state index in [2.05, 4.69) is 60.5 Å². The van der Waals surface area contributed by atoms with E-state index < -0.39 is 0 Å². The van der Waals surface area contributed by atoms with Gasteiger partial charge in [-0.25, -0.2) is 15.8 Å². The van der Waals surface area contributed by atoms with Crippen LogP contribution < -0.4 is 16.2 Å². The lowest BCUT2D eigenvalue weighted by Gasteiger charge is -2.23. The Balaban J connectivity index is 1.95. The van der Waals surface area contributed by atoms with Gasteiger partial charge in [0.15, 0.2) is 5.82 Å². The highest BCUT2D eigenvalue weighted by molar-refractivity contribution is 9.10. The van der Waals surface area contributed by atoms with E-state index in [1.165, 1.54) is 17.5 Å². The number of nitrogens with zero attached hydrogens (tertiary/aromatic N) is 3. The number of hydrogen-bond acceptors (Lipinski definition) is 5. The molecular weight excluding hydrogens is 318 g/mol. The minimum atomic E-state index is 0.604. The molecular formula is C14H16BrN5. The maximum atomic E-state index is 5.47. The second-order valence-corrected chi connectivity index (χ2v) is 5.59. The third kappa shape index (κ3) is 2.48. The number of benzene rings is 1. The van der Waals surface area contributed by atoms with E-state index in [9.17, 15) is 0 Å². The van der Waals surface area contributed by atoms with Gasteiger partial charge in [0.1, 0.15) is 16.6 Å². The van der Waals surface area contributed by atoms with Crippen LogP contribution in [-0.4, -0.2) is 16.5 Å². The van der Waals surface area contributed by atoms with Gasteiger partial charge in [0.25, 0.3) is 0 Å². The number of rotatable bonds is 2. The van der Waals surface area contributed by atoms with Crippen molar-refractivity contribution in [3.63, 3.8) is 0 Å². The van der Waals surface area contributed by atoms with E-state index >= 15 is 0 Å². The van der Waals surface area contributed by atoms with Crippen LogP contribution in [-0.2, 0) is 13.0 Å². The number of halogens is 1. The molecule has 2 heterocycles. The maximum Gasteiger partial charge on any atom is 0.159 e. The first-order valence-electron chi connectivity index (χ1n) is 6.58. The van der Waals surface area contributed by atoms with E-state index in [1.807, 2.05) is 0 Å². The summed E-state index contributed by atoms with van der Waals surface area (Å²) in [6, 6.07) is 8.58. The van der Waals surface area contributed by atoms with Gasteiger partial charge in [0.05, 0.1) is 0 Å². The molecule has 0 spiro atoms. The zero-order chi connectivity index (χ0) is 13.9. The van der Waals surface area contributed by atoms with Crippen molar-refractivity contribution in [2.45, 2.75) is 19.4 Å². The van der Waals surface area contributed by atoms with Crippen molar-refractivity contribution in [1.82, 2.24) is 9.97 Å². The molecule has 1 aliphatic rings. The van der Waals surface area contributed by atoms with Gasteiger partial charge in [0, 0.05) is 13.1 Å². The lowest BCUT2D eigenvalue weighted by atomic mass is 10.0. The number of nitrogen functional groups attached to an aromatic ring is 1. The number of hydrazine groups is 1. The number of hydrogen-bond donors (Lipinski definition) is 2. The molecule has 0 aliphatic carbocycles. The number of aromatic nitrogens is 2. The van der Waals surface area contributed by atoms with Gasteiger partial charge in [-0.2, -0.15) is 0 Å². The summed E-state index contributed by atoms with van der Waals surface area (Å²) in [5.74, 6) is 6.95. The van der Waals surface area contributed by atoms with Gasteiger partial charge < -0.3 is 10.3 Å². The fourth-order valence-corrected chi connectivity index (χ4v) is 3.13. The molecule has 0 saturated heterocycles. The van der Waals surface area contributed by atoms with Crippen molar-refractivity contribution in [1.29, 1.82) is 0 Å². The highest BCUT2D eigenvalue weighted by Crippen LogP contribution is 2.31. The number of anilines is 2. The fourth-order valence-electron chi connectivity index (χ4n) is 2.56. The average molecular weight is 334 g/mol. The third-order valence-electron chi connectivity index (χ3n) is 3.56. The van der Waals surface area contributed by atoms with Crippen LogP contribution in [0.25, 0.3) is 0 Å². The summed E-state index contributed by atoms with van der Waals surface area (Å²) < 4.78 is 0.807. The Labute approximate surface area is 126 Å². The highest BCUT2D eigenvalue weighted by Gasteiger charge is 2.19. The molecule has 0 bridgehead atoms. The average Bonchev–Trinajstić information content (AvgIpc) is 2.69. The predicted molar refractivity (Wildman–Crippen MR) is 83.4 cm³/mol. The molecule has 5 nitrogen and oxygen atoms in total. The molecule has 1 aromatic heterocycles. The molecule has 20 heavy (non-hydrogen) atoms. The van der Waals surface area contributed by atoms with E-state index in [0.29, 0.717) is 5.82 Å². The summed E-state index contributed by atoms with van der Waals surface area (Å²) >= 11 is 3.53. The van der Waals surface area contributed by atoms with Gasteiger partial charge in [-0.15, -0.1) is 0 Å². The molecule has 1 aromatic carbocycles. The molecule has 0 amide bonds. The van der Waals surface area contributed by atoms with Crippen molar-refractivity contribution in [2.24, 2.45) is 5.84 Å². The summed E-state index contributed by atoms with van der Waals surface area (Å²) in [5.41, 5.74) is 5.37. The minimum absolute atomic E-state index is 0.604. The maximum absolute atomic E-state index is 5.47. The van der Waals surface area contributed by atoms with Crippen LogP contribution in [0.1, 0.15) is 17.5 Å². The molecule has 6 heteroatoms. The Morgan fingerprint density at radius 1 is 1.20 bits per heavy atom. The quantitative estimate of drug-likeness (QED) is 0.652. The second-order valence-electron chi connectivity index (χ2n) is 4.80. The largest absolute Gasteiger partial charge is 0.351 e. The minimum Gasteiger partial charge on any atom is -0.351 e. The molecule has 0 atom stereocenters. The Hall–Kier alpha value is -1.66. The lowest BCUT2D eigenvalue weighted by Crippen LogP contribution is -2.24. The molecule has 0 unspecified atom stereocenters. The van der Waals surface area contributed by atoms with Gasteiger partial charge in [-0.3, -0.25) is 0 Å². The molecule has 104 valence electrons. The van der Waals surface area contributed by atoms with Gasteiger partial charge in [-0.05, 0) is 39.9 Å². The van der Waals surface area contributed by atoms with Crippen molar-refractivity contribution in [3.05, 3.63) is 46.2 Å². The number of nitrogens with two attached hydrogens (primary N) is 1. The van der Waals surface area contributed by atoms with Crippen LogP contribution in [0.5, 0.6) is 0 Å². The second kappa shape index (κ2) is 5.76. The highest BCUT2D eigenvalue weighted by atomic mass is 79.9. The zero-order valence-corrected chi connectivity index (χ0v) is 12.6. The molecule has 2 aromatic rings. The lowest BCUT2D eigenvalue weighted by molar-refractivity contribution is 0.751. The number of aryl methyl sites for hydroxylation is 1. The van der Waals surface area contributed by atoms with Gasteiger partial charge >= 0.3 is 0 Å². The number of nitrogens with one attached hydrogen (secondary N) is 1. The van der Waals surface area contributed by atoms with Crippen molar-refractivity contribution in [2.75, 3.05) is 16.9 Å². The SMILES string of the molecule is NNc1ncnc(N2CCCc3ccccc3C2)c1Br. The molecule has 0 radical (unpaired) electrons. The van der Waals surface area contributed by atoms with Crippen LogP contribution in [0.3, 0.4) is 0 Å². The fraction of sp³-hybridized carbons (Fsp3) is 0.286. The molecule has 3 rings (SSSR count). The Morgan fingerprint density at radius 2 is 2.00 bits per heavy atom. The first-order valence-corrected chi connectivity index (χ1v) is 7.37. The Morgan fingerprint density at radius 3 is 2.80 bits per heavy atom. The molecule has 3 N–H and O–H groups in total. The first kappa shape index (κ1) is 13.3. The third-order valence-corrected chi connectivity index (χ3v) is 4.29. The van der Waals surface area contributed by atoms with Crippen LogP contribution >= 0.6 is 15.9 Å². The van der Waals surface area contributed by atoms with Crippen LogP contribution in [0.2, 0.25) is 0 Å². The number of fused-ring (bicyclic) bond motifs is 1. The molecule has 1 aliphatic heterocycles. The van der Waals surface area contributed by atoms with Gasteiger partial charge in [-0.1, -0.05) is 24.3 Å². The standard InChI is InChI=1S/C14H16BrN5/c15-12-13(19-16)17-9-18-14(12)20-7-3-6-10-4-1-2-5-11(10)8-20/h1-2,4-5,9H,3,6-8,16H2,(H,17,18,19). The smallest absolute Gasteiger partial charge is 0.159 e. The first-order chi connectivity index (χ1) is 9.79. The Kier molecular flexibility index (Phi) is 3.84. The van der Waals surface area contributed by atoms with Crippen molar-refractivity contribution in [3.8, 4) is 0 Å². The topological polar surface area (TPSA) is 67.1 Å². The van der Waals surface area contributed by atoms with Crippen molar-refractivity contribution >= 4 is 27.6 Å². The van der Waals surface area contributed by atoms with Crippen molar-refractivity contribution < 1.29 is 0 Å². The predicted octanol–water partition coefficient (Wildman–Crippen LogP) is 2.48. The monoisotopic (exact) mass is 333 g/mol. The van der Waals surface area contributed by atoms with Crippen LogP contribution in [0.4, 0.5) is 11.6 Å². The summed E-state index contributed by atoms with van der Waals surface area (Å²) in [7, 11) is 0. The van der Waals surface area contributed by atoms with E-state index in [4.69, 9.17) is 5.84 Å². The Bertz CT molecular complexity index is 616.